The number of aromatic nitrogens is 5. The third-order valence-corrected chi connectivity index (χ3v) is 2.37. The molecule has 0 aliphatic heterocycles. The van der Waals surface area contributed by atoms with E-state index in [1.165, 1.54) is 0 Å². The number of hydrogen-bond acceptors (Lipinski definition) is 4. The fourth-order valence-corrected chi connectivity index (χ4v) is 1.61. The van der Waals surface area contributed by atoms with E-state index in [0.717, 1.165) is 5.56 Å². The zero-order chi connectivity index (χ0) is 11.7. The lowest BCUT2D eigenvalue weighted by molar-refractivity contribution is 0.475. The number of tetrazole rings is 1. The molecule has 3 aromatic rings. The third-order valence-electron chi connectivity index (χ3n) is 2.37. The van der Waals surface area contributed by atoms with E-state index >= 15 is 0 Å². The van der Waals surface area contributed by atoms with Crippen molar-refractivity contribution in [2.45, 2.75) is 0 Å². The molecule has 6 nitrogen and oxygen atoms in total. The molecule has 1 N–H and O–H groups in total. The van der Waals surface area contributed by atoms with E-state index in [9.17, 15) is 5.11 Å². The van der Waals surface area contributed by atoms with Gasteiger partial charge >= 0.3 is 0 Å². The SMILES string of the molecule is Oc1cccc(-c2nnnn2-n2cccc2)c1. The van der Waals surface area contributed by atoms with Gasteiger partial charge in [0.25, 0.3) is 0 Å². The third kappa shape index (κ3) is 1.65. The Bertz CT molecular complexity index is 629. The minimum atomic E-state index is 0.185. The van der Waals surface area contributed by atoms with Gasteiger partial charge in [-0.1, -0.05) is 12.1 Å². The molecule has 3 rings (SSSR count). The van der Waals surface area contributed by atoms with Crippen LogP contribution in [0.1, 0.15) is 0 Å². The second-order valence-corrected chi connectivity index (χ2v) is 3.51. The molecular weight excluding hydrogens is 218 g/mol. The molecule has 0 spiro atoms. The number of benzene rings is 1. The Balaban J connectivity index is 2.14. The van der Waals surface area contributed by atoms with Gasteiger partial charge in [0.2, 0.25) is 5.82 Å². The number of aromatic hydroxyl groups is 1. The summed E-state index contributed by atoms with van der Waals surface area (Å²) in [6.07, 6.45) is 3.67. The van der Waals surface area contributed by atoms with Gasteiger partial charge in [0.15, 0.2) is 0 Å². The van der Waals surface area contributed by atoms with E-state index in [1.54, 1.807) is 27.7 Å². The minimum absolute atomic E-state index is 0.185. The fourth-order valence-electron chi connectivity index (χ4n) is 1.61. The van der Waals surface area contributed by atoms with Crippen LogP contribution in [0.15, 0.2) is 48.8 Å². The Morgan fingerprint density at radius 2 is 1.88 bits per heavy atom. The zero-order valence-electron chi connectivity index (χ0n) is 8.80. The van der Waals surface area contributed by atoms with Crippen molar-refractivity contribution in [1.29, 1.82) is 0 Å². The maximum absolute atomic E-state index is 9.45. The van der Waals surface area contributed by atoms with Crippen LogP contribution in [0.25, 0.3) is 11.4 Å². The van der Waals surface area contributed by atoms with Crippen molar-refractivity contribution in [3.8, 4) is 17.1 Å². The largest absolute Gasteiger partial charge is 0.508 e. The Kier molecular flexibility index (Phi) is 2.11. The van der Waals surface area contributed by atoms with Crippen LogP contribution in [0, 0.1) is 0 Å². The van der Waals surface area contributed by atoms with Crippen molar-refractivity contribution < 1.29 is 5.11 Å². The second kappa shape index (κ2) is 3.75. The van der Waals surface area contributed by atoms with Crippen molar-refractivity contribution in [3.05, 3.63) is 48.8 Å². The molecule has 0 atom stereocenters. The first-order valence-corrected chi connectivity index (χ1v) is 5.06. The predicted molar refractivity (Wildman–Crippen MR) is 60.1 cm³/mol. The molecule has 17 heavy (non-hydrogen) atoms. The average Bonchev–Trinajstić information content (AvgIpc) is 3.00. The molecule has 2 aromatic heterocycles. The van der Waals surface area contributed by atoms with Crippen LogP contribution in [0.4, 0.5) is 0 Å². The number of nitrogens with zero attached hydrogens (tertiary/aromatic N) is 5. The number of phenolic OH excluding ortho intramolecular Hbond substituents is 1. The Hall–Kier alpha value is -2.63. The van der Waals surface area contributed by atoms with E-state index in [1.807, 2.05) is 30.6 Å². The topological polar surface area (TPSA) is 68.8 Å². The first-order valence-electron chi connectivity index (χ1n) is 5.06. The summed E-state index contributed by atoms with van der Waals surface area (Å²) in [6, 6.07) is 10.6. The van der Waals surface area contributed by atoms with Crippen LogP contribution in [-0.4, -0.2) is 30.1 Å². The van der Waals surface area contributed by atoms with Gasteiger partial charge in [-0.25, -0.2) is 4.68 Å². The van der Waals surface area contributed by atoms with Crippen LogP contribution in [0.3, 0.4) is 0 Å². The lowest BCUT2D eigenvalue weighted by Crippen LogP contribution is -2.10. The molecule has 0 unspecified atom stereocenters. The highest BCUT2D eigenvalue weighted by atomic mass is 16.3. The van der Waals surface area contributed by atoms with Crippen molar-refractivity contribution in [2.24, 2.45) is 0 Å². The number of phenols is 1. The highest BCUT2D eigenvalue weighted by molar-refractivity contribution is 5.56. The summed E-state index contributed by atoms with van der Waals surface area (Å²) in [4.78, 5) is 1.55. The molecule has 0 fully saturated rings. The summed E-state index contributed by atoms with van der Waals surface area (Å²) >= 11 is 0. The van der Waals surface area contributed by atoms with Gasteiger partial charge in [-0.3, -0.25) is 0 Å². The van der Waals surface area contributed by atoms with Gasteiger partial charge in [-0.05, 0) is 34.7 Å². The molecule has 0 amide bonds. The van der Waals surface area contributed by atoms with Crippen molar-refractivity contribution in [2.75, 3.05) is 0 Å². The van der Waals surface area contributed by atoms with Gasteiger partial charge in [0.1, 0.15) is 5.75 Å². The summed E-state index contributed by atoms with van der Waals surface area (Å²) in [5.74, 6) is 0.752. The highest BCUT2D eigenvalue weighted by Gasteiger charge is 2.09. The Morgan fingerprint density at radius 3 is 2.65 bits per heavy atom. The molecular formula is C11H9N5O. The van der Waals surface area contributed by atoms with Gasteiger partial charge in [-0.15, -0.1) is 9.89 Å². The standard InChI is InChI=1S/C11H9N5O/c17-10-5-3-4-9(8-10)11-12-13-14-16(11)15-6-1-2-7-15/h1-8,17H. The van der Waals surface area contributed by atoms with Crippen molar-refractivity contribution in [1.82, 2.24) is 25.0 Å². The Morgan fingerprint density at radius 1 is 1.06 bits per heavy atom. The summed E-state index contributed by atoms with van der Waals surface area (Å²) in [7, 11) is 0. The number of hydrogen-bond donors (Lipinski definition) is 1. The lowest BCUT2D eigenvalue weighted by Gasteiger charge is -2.05. The highest BCUT2D eigenvalue weighted by Crippen LogP contribution is 2.20. The van der Waals surface area contributed by atoms with E-state index in [2.05, 4.69) is 15.5 Å². The molecule has 0 bridgehead atoms. The van der Waals surface area contributed by atoms with E-state index in [4.69, 9.17) is 0 Å². The molecule has 0 aliphatic carbocycles. The zero-order valence-corrected chi connectivity index (χ0v) is 8.80. The Labute approximate surface area is 96.7 Å². The summed E-state index contributed by atoms with van der Waals surface area (Å²) < 4.78 is 1.75. The predicted octanol–water partition coefficient (Wildman–Crippen LogP) is 1.16. The molecule has 1 aromatic carbocycles. The molecule has 84 valence electrons. The van der Waals surface area contributed by atoms with Crippen LogP contribution in [-0.2, 0) is 0 Å². The van der Waals surface area contributed by atoms with E-state index in [0.29, 0.717) is 5.82 Å². The van der Waals surface area contributed by atoms with Gasteiger partial charge in [0.05, 0.1) is 0 Å². The minimum Gasteiger partial charge on any atom is -0.508 e. The molecule has 6 heteroatoms. The first kappa shape index (κ1) is 9.59. The molecule has 0 radical (unpaired) electrons. The van der Waals surface area contributed by atoms with E-state index < -0.39 is 0 Å². The normalized spacial score (nSPS) is 10.6. The van der Waals surface area contributed by atoms with Gasteiger partial charge in [0, 0.05) is 18.0 Å². The smallest absolute Gasteiger partial charge is 0.205 e. The number of rotatable bonds is 2. The average molecular weight is 227 g/mol. The van der Waals surface area contributed by atoms with Gasteiger partial charge < -0.3 is 5.11 Å². The van der Waals surface area contributed by atoms with Crippen LogP contribution in [0.5, 0.6) is 5.75 Å². The lowest BCUT2D eigenvalue weighted by atomic mass is 10.2. The van der Waals surface area contributed by atoms with Gasteiger partial charge in [-0.2, -0.15) is 0 Å². The van der Waals surface area contributed by atoms with E-state index in [-0.39, 0.29) is 5.75 Å². The summed E-state index contributed by atoms with van der Waals surface area (Å²) in [6.45, 7) is 0. The molecule has 0 saturated carbocycles. The van der Waals surface area contributed by atoms with Crippen LogP contribution >= 0.6 is 0 Å². The molecule has 2 heterocycles. The second-order valence-electron chi connectivity index (χ2n) is 3.51. The molecule has 0 saturated heterocycles. The maximum atomic E-state index is 9.45. The summed E-state index contributed by atoms with van der Waals surface area (Å²) in [5.41, 5.74) is 0.753. The quantitative estimate of drug-likeness (QED) is 0.713. The molecule has 0 aliphatic rings. The first-order chi connectivity index (χ1) is 8.34. The summed E-state index contributed by atoms with van der Waals surface area (Å²) in [5, 5.41) is 20.9. The maximum Gasteiger partial charge on any atom is 0.205 e. The fraction of sp³-hybridized carbons (Fsp3) is 0. The van der Waals surface area contributed by atoms with Crippen molar-refractivity contribution >= 4 is 0 Å². The monoisotopic (exact) mass is 227 g/mol. The van der Waals surface area contributed by atoms with Crippen molar-refractivity contribution in [3.63, 3.8) is 0 Å². The van der Waals surface area contributed by atoms with Crippen LogP contribution in [0.2, 0.25) is 0 Å². The van der Waals surface area contributed by atoms with Crippen LogP contribution < -0.4 is 0 Å².